The van der Waals surface area contributed by atoms with Crippen molar-refractivity contribution in [2.75, 3.05) is 20.3 Å². The lowest BCUT2D eigenvalue weighted by atomic mass is 10.2. The lowest BCUT2D eigenvalue weighted by Gasteiger charge is -2.10. The van der Waals surface area contributed by atoms with Gasteiger partial charge in [0.05, 0.1) is 13.7 Å². The van der Waals surface area contributed by atoms with Gasteiger partial charge in [0.2, 0.25) is 5.91 Å². The first-order chi connectivity index (χ1) is 7.19. The van der Waals surface area contributed by atoms with Crippen molar-refractivity contribution in [2.24, 2.45) is 5.73 Å². The molecule has 0 aliphatic rings. The number of amides is 1. The molecule has 5 heteroatoms. The van der Waals surface area contributed by atoms with Crippen molar-refractivity contribution in [1.82, 2.24) is 0 Å². The summed E-state index contributed by atoms with van der Waals surface area (Å²) in [5.74, 6) is 0.360. The summed E-state index contributed by atoms with van der Waals surface area (Å²) in [6, 6.07) is 4.61. The van der Waals surface area contributed by atoms with E-state index in [-0.39, 0.29) is 13.2 Å². The fourth-order valence-electron chi connectivity index (χ4n) is 1.10. The average molecular weight is 211 g/mol. The number of aliphatic hydroxyl groups is 1. The Morgan fingerprint density at radius 3 is 2.73 bits per heavy atom. The second-order valence-electron chi connectivity index (χ2n) is 2.80. The van der Waals surface area contributed by atoms with Crippen LogP contribution >= 0.6 is 0 Å². The number of benzene rings is 1. The van der Waals surface area contributed by atoms with E-state index in [4.69, 9.17) is 20.3 Å². The molecule has 0 radical (unpaired) electrons. The van der Waals surface area contributed by atoms with Gasteiger partial charge in [-0.3, -0.25) is 4.79 Å². The molecular formula is C10H13NO4. The van der Waals surface area contributed by atoms with Crippen LogP contribution in [0.3, 0.4) is 0 Å². The van der Waals surface area contributed by atoms with Crippen LogP contribution < -0.4 is 15.2 Å². The van der Waals surface area contributed by atoms with Gasteiger partial charge in [0.1, 0.15) is 6.61 Å². The monoisotopic (exact) mass is 211 g/mol. The molecule has 5 nitrogen and oxygen atoms in total. The Labute approximate surface area is 87.4 Å². The zero-order chi connectivity index (χ0) is 11.3. The summed E-state index contributed by atoms with van der Waals surface area (Å²) in [6.45, 7) is 0.0903. The third-order valence-electron chi connectivity index (χ3n) is 1.80. The van der Waals surface area contributed by atoms with Crippen molar-refractivity contribution in [2.45, 2.75) is 0 Å². The summed E-state index contributed by atoms with van der Waals surface area (Å²) < 4.78 is 10.2. The maximum Gasteiger partial charge on any atom is 0.248 e. The zero-order valence-electron chi connectivity index (χ0n) is 8.40. The normalized spacial score (nSPS) is 9.73. The number of nitrogens with two attached hydrogens (primary N) is 1. The van der Waals surface area contributed by atoms with E-state index in [1.807, 2.05) is 0 Å². The number of carbonyl (C=O) groups is 1. The lowest BCUT2D eigenvalue weighted by molar-refractivity contribution is 0.1000. The standard InChI is InChI=1S/C10H13NO4/c1-14-9-6-7(10(11)13)2-3-8(9)15-5-4-12/h2-3,6,12H,4-5H2,1H3,(H2,11,13). The first-order valence-electron chi connectivity index (χ1n) is 4.40. The van der Waals surface area contributed by atoms with Crippen LogP contribution in [-0.4, -0.2) is 31.3 Å². The number of primary amides is 1. The molecule has 1 amide bonds. The number of methoxy groups -OCH3 is 1. The van der Waals surface area contributed by atoms with E-state index in [2.05, 4.69) is 0 Å². The molecule has 3 N–H and O–H groups in total. The highest BCUT2D eigenvalue weighted by Crippen LogP contribution is 2.27. The minimum atomic E-state index is -0.526. The van der Waals surface area contributed by atoms with Crippen LogP contribution in [0.1, 0.15) is 10.4 Å². The van der Waals surface area contributed by atoms with Crippen LogP contribution in [-0.2, 0) is 0 Å². The third-order valence-corrected chi connectivity index (χ3v) is 1.80. The predicted molar refractivity (Wildman–Crippen MR) is 54.1 cm³/mol. The van der Waals surface area contributed by atoms with Crippen LogP contribution in [0.5, 0.6) is 11.5 Å². The van der Waals surface area contributed by atoms with Crippen LogP contribution in [0.15, 0.2) is 18.2 Å². The van der Waals surface area contributed by atoms with E-state index in [1.54, 1.807) is 6.07 Å². The maximum absolute atomic E-state index is 10.9. The molecule has 0 unspecified atom stereocenters. The number of rotatable bonds is 5. The predicted octanol–water partition coefficient (Wildman–Crippen LogP) is 0.165. The van der Waals surface area contributed by atoms with Gasteiger partial charge in [0, 0.05) is 5.56 Å². The van der Waals surface area contributed by atoms with Crippen molar-refractivity contribution in [1.29, 1.82) is 0 Å². The summed E-state index contributed by atoms with van der Waals surface area (Å²) in [6.07, 6.45) is 0. The molecule has 1 aromatic rings. The van der Waals surface area contributed by atoms with Crippen molar-refractivity contribution >= 4 is 5.91 Å². The molecule has 1 rings (SSSR count). The Morgan fingerprint density at radius 1 is 1.47 bits per heavy atom. The fourth-order valence-corrected chi connectivity index (χ4v) is 1.10. The highest BCUT2D eigenvalue weighted by atomic mass is 16.5. The Kier molecular flexibility index (Phi) is 3.93. The van der Waals surface area contributed by atoms with Gasteiger partial charge in [-0.25, -0.2) is 0 Å². The molecule has 0 aliphatic carbocycles. The molecule has 1 aromatic carbocycles. The molecule has 0 atom stereocenters. The van der Waals surface area contributed by atoms with Gasteiger partial charge in [-0.05, 0) is 18.2 Å². The van der Waals surface area contributed by atoms with E-state index in [1.165, 1.54) is 19.2 Å². The third kappa shape index (κ3) is 2.85. The van der Waals surface area contributed by atoms with E-state index >= 15 is 0 Å². The summed E-state index contributed by atoms with van der Waals surface area (Å²) in [4.78, 5) is 10.9. The molecule has 0 aromatic heterocycles. The van der Waals surface area contributed by atoms with Crippen molar-refractivity contribution in [3.05, 3.63) is 23.8 Å². The molecule has 82 valence electrons. The Morgan fingerprint density at radius 2 is 2.20 bits per heavy atom. The van der Waals surface area contributed by atoms with Crippen LogP contribution in [0.4, 0.5) is 0 Å². The van der Waals surface area contributed by atoms with Gasteiger partial charge in [0.25, 0.3) is 0 Å². The molecular weight excluding hydrogens is 198 g/mol. The second-order valence-corrected chi connectivity index (χ2v) is 2.80. The summed E-state index contributed by atoms with van der Waals surface area (Å²) in [7, 11) is 1.46. The minimum absolute atomic E-state index is 0.0826. The van der Waals surface area contributed by atoms with E-state index < -0.39 is 5.91 Å². The molecule has 0 bridgehead atoms. The van der Waals surface area contributed by atoms with Crippen LogP contribution in [0.2, 0.25) is 0 Å². The number of hydrogen-bond acceptors (Lipinski definition) is 4. The van der Waals surface area contributed by atoms with E-state index in [9.17, 15) is 4.79 Å². The number of hydrogen-bond donors (Lipinski definition) is 2. The Bertz CT molecular complexity index is 351. The van der Waals surface area contributed by atoms with Crippen LogP contribution in [0.25, 0.3) is 0 Å². The first-order valence-corrected chi connectivity index (χ1v) is 4.40. The molecule has 0 aliphatic heterocycles. The fraction of sp³-hybridized carbons (Fsp3) is 0.300. The van der Waals surface area contributed by atoms with Gasteiger partial charge >= 0.3 is 0 Å². The molecule has 15 heavy (non-hydrogen) atoms. The summed E-state index contributed by atoms with van der Waals surface area (Å²) >= 11 is 0. The Hall–Kier alpha value is -1.75. The van der Waals surface area contributed by atoms with E-state index in [0.717, 1.165) is 0 Å². The Balaban J connectivity index is 2.93. The molecule has 0 fully saturated rings. The molecule has 0 saturated heterocycles. The minimum Gasteiger partial charge on any atom is -0.493 e. The van der Waals surface area contributed by atoms with Gasteiger partial charge in [0.15, 0.2) is 11.5 Å². The summed E-state index contributed by atoms with van der Waals surface area (Å²) in [5.41, 5.74) is 5.46. The van der Waals surface area contributed by atoms with Crippen LogP contribution in [0, 0.1) is 0 Å². The van der Waals surface area contributed by atoms with Crippen molar-refractivity contribution < 1.29 is 19.4 Å². The molecule has 0 spiro atoms. The highest BCUT2D eigenvalue weighted by Gasteiger charge is 2.08. The molecule has 0 saturated carbocycles. The van der Waals surface area contributed by atoms with Gasteiger partial charge < -0.3 is 20.3 Å². The second kappa shape index (κ2) is 5.21. The first kappa shape index (κ1) is 11.3. The largest absolute Gasteiger partial charge is 0.493 e. The quantitative estimate of drug-likeness (QED) is 0.727. The lowest BCUT2D eigenvalue weighted by Crippen LogP contribution is -2.11. The number of aliphatic hydroxyl groups excluding tert-OH is 1. The van der Waals surface area contributed by atoms with Crippen molar-refractivity contribution in [3.63, 3.8) is 0 Å². The smallest absolute Gasteiger partial charge is 0.248 e. The average Bonchev–Trinajstić information content (AvgIpc) is 2.25. The topological polar surface area (TPSA) is 81.8 Å². The van der Waals surface area contributed by atoms with Gasteiger partial charge in [-0.15, -0.1) is 0 Å². The maximum atomic E-state index is 10.9. The van der Waals surface area contributed by atoms with Gasteiger partial charge in [-0.1, -0.05) is 0 Å². The highest BCUT2D eigenvalue weighted by molar-refractivity contribution is 5.93. The number of ether oxygens (including phenoxy) is 2. The zero-order valence-corrected chi connectivity index (χ0v) is 8.40. The van der Waals surface area contributed by atoms with E-state index in [0.29, 0.717) is 17.1 Å². The van der Waals surface area contributed by atoms with Gasteiger partial charge in [-0.2, -0.15) is 0 Å². The SMILES string of the molecule is COc1cc(C(N)=O)ccc1OCCO. The summed E-state index contributed by atoms with van der Waals surface area (Å²) in [5, 5.41) is 8.59. The number of carbonyl (C=O) groups excluding carboxylic acids is 1. The van der Waals surface area contributed by atoms with Crippen molar-refractivity contribution in [3.8, 4) is 11.5 Å². The molecule has 0 heterocycles.